The Morgan fingerprint density at radius 3 is 3.00 bits per heavy atom. The van der Waals surface area contributed by atoms with Gasteiger partial charge in [-0.3, -0.25) is 0 Å². The first-order chi connectivity index (χ1) is 8.31. The van der Waals surface area contributed by atoms with Crippen LogP contribution >= 0.6 is 0 Å². The molecule has 0 radical (unpaired) electrons. The lowest BCUT2D eigenvalue weighted by Gasteiger charge is -2.14. The molecular weight excluding hydrogens is 216 g/mol. The highest BCUT2D eigenvalue weighted by atomic mass is 16.5. The van der Waals surface area contributed by atoms with Crippen LogP contribution < -0.4 is 10.1 Å². The van der Waals surface area contributed by atoms with Gasteiger partial charge >= 0.3 is 0 Å². The number of hydrogen-bond donors (Lipinski definition) is 1. The summed E-state index contributed by atoms with van der Waals surface area (Å²) in [5.74, 6) is 1.57. The number of pyridine rings is 1. The van der Waals surface area contributed by atoms with Gasteiger partial charge in [0, 0.05) is 19.2 Å². The summed E-state index contributed by atoms with van der Waals surface area (Å²) >= 11 is 0. The summed E-state index contributed by atoms with van der Waals surface area (Å²) in [6.07, 6.45) is 3.71. The molecule has 0 spiro atoms. The topological polar surface area (TPSA) is 43.4 Å². The molecule has 1 aromatic heterocycles. The molecule has 0 saturated heterocycles. The van der Waals surface area contributed by atoms with E-state index < -0.39 is 0 Å². The molecule has 1 heterocycles. The third kappa shape index (κ3) is 3.33. The molecule has 1 saturated carbocycles. The molecule has 1 N–H and O–H groups in total. The Labute approximate surface area is 102 Å². The Morgan fingerprint density at radius 1 is 1.41 bits per heavy atom. The summed E-state index contributed by atoms with van der Waals surface area (Å²) in [7, 11) is 1.78. The van der Waals surface area contributed by atoms with Crippen molar-refractivity contribution >= 4 is 5.82 Å². The lowest BCUT2D eigenvalue weighted by Crippen LogP contribution is -2.18. The Kier molecular flexibility index (Phi) is 4.20. The number of hydrogen-bond acceptors (Lipinski definition) is 4. The molecule has 2 rings (SSSR count). The lowest BCUT2D eigenvalue weighted by molar-refractivity contribution is 0.108. The Balaban J connectivity index is 1.92. The molecule has 1 aliphatic carbocycles. The van der Waals surface area contributed by atoms with Gasteiger partial charge in [-0.1, -0.05) is 6.07 Å². The minimum absolute atomic E-state index is 0.391. The van der Waals surface area contributed by atoms with E-state index in [4.69, 9.17) is 9.47 Å². The van der Waals surface area contributed by atoms with Gasteiger partial charge in [0.2, 0.25) is 5.88 Å². The van der Waals surface area contributed by atoms with E-state index >= 15 is 0 Å². The molecule has 0 aromatic carbocycles. The van der Waals surface area contributed by atoms with Crippen LogP contribution in [0.5, 0.6) is 5.88 Å². The van der Waals surface area contributed by atoms with Crippen molar-refractivity contribution in [3.05, 3.63) is 18.2 Å². The first-order valence-electron chi connectivity index (χ1n) is 6.21. The highest BCUT2D eigenvalue weighted by molar-refractivity contribution is 5.38. The molecule has 1 aliphatic rings. The van der Waals surface area contributed by atoms with Gasteiger partial charge in [0.25, 0.3) is 0 Å². The number of ether oxygens (including phenoxy) is 2. The highest BCUT2D eigenvalue weighted by Gasteiger charge is 2.24. The summed E-state index contributed by atoms with van der Waals surface area (Å²) in [5, 5.41) is 3.43. The first kappa shape index (κ1) is 12.2. The molecule has 94 valence electrons. The van der Waals surface area contributed by atoms with Crippen molar-refractivity contribution in [2.75, 3.05) is 19.0 Å². The quantitative estimate of drug-likeness (QED) is 0.853. The van der Waals surface area contributed by atoms with Crippen molar-refractivity contribution < 1.29 is 9.47 Å². The van der Waals surface area contributed by atoms with Crippen LogP contribution in [0.25, 0.3) is 0 Å². The normalized spacial score (nSPS) is 23.6. The van der Waals surface area contributed by atoms with E-state index in [1.807, 2.05) is 25.1 Å². The Hall–Kier alpha value is -1.29. The fourth-order valence-corrected chi connectivity index (χ4v) is 2.22. The fraction of sp³-hybridized carbons (Fsp3) is 0.615. The van der Waals surface area contributed by atoms with Crippen LogP contribution in [0.3, 0.4) is 0 Å². The van der Waals surface area contributed by atoms with Gasteiger partial charge in [-0.05, 0) is 32.3 Å². The van der Waals surface area contributed by atoms with Crippen LogP contribution in [-0.4, -0.2) is 30.8 Å². The highest BCUT2D eigenvalue weighted by Crippen LogP contribution is 2.24. The van der Waals surface area contributed by atoms with Gasteiger partial charge in [0.1, 0.15) is 5.82 Å². The third-order valence-corrected chi connectivity index (χ3v) is 3.09. The smallest absolute Gasteiger partial charge is 0.215 e. The largest absolute Gasteiger partial charge is 0.478 e. The lowest BCUT2D eigenvalue weighted by atomic mass is 10.2. The minimum Gasteiger partial charge on any atom is -0.478 e. The monoisotopic (exact) mass is 236 g/mol. The molecule has 0 bridgehead atoms. The van der Waals surface area contributed by atoms with Crippen molar-refractivity contribution in [2.24, 2.45) is 0 Å². The number of anilines is 1. The number of nitrogens with zero attached hydrogens (tertiary/aromatic N) is 1. The van der Waals surface area contributed by atoms with Crippen LogP contribution in [0.15, 0.2) is 18.2 Å². The van der Waals surface area contributed by atoms with E-state index in [0.717, 1.165) is 25.1 Å². The van der Waals surface area contributed by atoms with Gasteiger partial charge in [-0.15, -0.1) is 0 Å². The summed E-state index contributed by atoms with van der Waals surface area (Å²) in [5.41, 5.74) is 0. The zero-order valence-corrected chi connectivity index (χ0v) is 10.5. The molecular formula is C13H20N2O2. The number of methoxy groups -OCH3 is 1. The Morgan fingerprint density at radius 2 is 2.29 bits per heavy atom. The van der Waals surface area contributed by atoms with E-state index in [-0.39, 0.29) is 0 Å². The first-order valence-corrected chi connectivity index (χ1v) is 6.21. The number of rotatable bonds is 5. The second-order valence-electron chi connectivity index (χ2n) is 4.31. The molecule has 1 fully saturated rings. The van der Waals surface area contributed by atoms with E-state index in [1.54, 1.807) is 7.11 Å². The van der Waals surface area contributed by atoms with Gasteiger partial charge in [0.15, 0.2) is 0 Å². The van der Waals surface area contributed by atoms with Crippen LogP contribution in [0.1, 0.15) is 26.2 Å². The molecule has 4 heteroatoms. The Bertz CT molecular complexity index is 357. The van der Waals surface area contributed by atoms with Crippen molar-refractivity contribution in [1.29, 1.82) is 0 Å². The third-order valence-electron chi connectivity index (χ3n) is 3.09. The maximum Gasteiger partial charge on any atom is 0.215 e. The van der Waals surface area contributed by atoms with Crippen LogP contribution in [-0.2, 0) is 4.74 Å². The molecule has 2 unspecified atom stereocenters. The molecule has 2 atom stereocenters. The SMILES string of the molecule is CCOc1cccc(NC2CCC(OC)C2)n1. The standard InChI is InChI=1S/C13H20N2O2/c1-3-17-13-6-4-5-12(15-13)14-10-7-8-11(9-10)16-2/h4-6,10-11H,3,7-9H2,1-2H3,(H,14,15). The summed E-state index contributed by atoms with van der Waals surface area (Å²) in [6, 6.07) is 6.27. The van der Waals surface area contributed by atoms with Gasteiger partial charge in [-0.25, -0.2) is 0 Å². The van der Waals surface area contributed by atoms with Crippen LogP contribution in [0.4, 0.5) is 5.82 Å². The summed E-state index contributed by atoms with van der Waals surface area (Å²) in [4.78, 5) is 4.40. The van der Waals surface area contributed by atoms with Crippen molar-refractivity contribution in [1.82, 2.24) is 4.98 Å². The zero-order valence-electron chi connectivity index (χ0n) is 10.5. The predicted octanol–water partition coefficient (Wildman–Crippen LogP) is 2.46. The molecule has 0 aliphatic heterocycles. The number of aromatic nitrogens is 1. The summed E-state index contributed by atoms with van der Waals surface area (Å²) < 4.78 is 10.7. The van der Waals surface area contributed by atoms with Gasteiger partial charge < -0.3 is 14.8 Å². The average molecular weight is 236 g/mol. The van der Waals surface area contributed by atoms with E-state index in [0.29, 0.717) is 24.6 Å². The van der Waals surface area contributed by atoms with Crippen LogP contribution in [0.2, 0.25) is 0 Å². The number of nitrogens with one attached hydrogen (secondary N) is 1. The molecule has 1 aromatic rings. The maximum atomic E-state index is 5.38. The molecule has 4 nitrogen and oxygen atoms in total. The second-order valence-corrected chi connectivity index (χ2v) is 4.31. The van der Waals surface area contributed by atoms with Crippen molar-refractivity contribution in [3.8, 4) is 5.88 Å². The second kappa shape index (κ2) is 5.87. The minimum atomic E-state index is 0.391. The fourth-order valence-electron chi connectivity index (χ4n) is 2.22. The summed E-state index contributed by atoms with van der Waals surface area (Å²) in [6.45, 7) is 2.60. The van der Waals surface area contributed by atoms with E-state index in [2.05, 4.69) is 10.3 Å². The average Bonchev–Trinajstić information content (AvgIpc) is 2.78. The van der Waals surface area contributed by atoms with Gasteiger partial charge in [-0.2, -0.15) is 4.98 Å². The van der Waals surface area contributed by atoms with E-state index in [1.165, 1.54) is 0 Å². The maximum absolute atomic E-state index is 5.38. The zero-order chi connectivity index (χ0) is 12.1. The predicted molar refractivity (Wildman–Crippen MR) is 67.5 cm³/mol. The van der Waals surface area contributed by atoms with E-state index in [9.17, 15) is 0 Å². The van der Waals surface area contributed by atoms with Gasteiger partial charge in [0.05, 0.1) is 12.7 Å². The van der Waals surface area contributed by atoms with Crippen molar-refractivity contribution in [2.45, 2.75) is 38.3 Å². The molecule has 0 amide bonds. The van der Waals surface area contributed by atoms with Crippen LogP contribution in [0, 0.1) is 0 Å². The van der Waals surface area contributed by atoms with Crippen molar-refractivity contribution in [3.63, 3.8) is 0 Å². The molecule has 17 heavy (non-hydrogen) atoms.